The van der Waals surface area contributed by atoms with E-state index in [0.29, 0.717) is 53.4 Å². The first kappa shape index (κ1) is 22.4. The topological polar surface area (TPSA) is 73.7 Å². The van der Waals surface area contributed by atoms with Gasteiger partial charge in [0.15, 0.2) is 0 Å². The van der Waals surface area contributed by atoms with E-state index < -0.39 is 10.0 Å². The molecule has 2 heterocycles. The van der Waals surface area contributed by atoms with Crippen molar-refractivity contribution in [2.75, 3.05) is 26.3 Å². The minimum atomic E-state index is -3.59. The smallest absolute Gasteiger partial charge is 0.243 e. The molecule has 1 aromatic heterocycles. The summed E-state index contributed by atoms with van der Waals surface area (Å²) >= 11 is 12.3. The van der Waals surface area contributed by atoms with Gasteiger partial charge in [0.05, 0.1) is 34.2 Å². The van der Waals surface area contributed by atoms with Crippen molar-refractivity contribution in [2.45, 2.75) is 31.4 Å². The number of nitrogens with zero attached hydrogens (tertiary/aromatic N) is 3. The van der Waals surface area contributed by atoms with Gasteiger partial charge in [0, 0.05) is 19.6 Å². The van der Waals surface area contributed by atoms with Crippen LogP contribution < -0.4 is 4.74 Å². The molecule has 31 heavy (non-hydrogen) atoms. The molecule has 3 aromatic rings. The molecule has 1 aliphatic rings. The largest absolute Gasteiger partial charge is 0.484 e. The third kappa shape index (κ3) is 4.54. The monoisotopic (exact) mass is 483 g/mol. The molecule has 0 spiro atoms. The first-order valence-corrected chi connectivity index (χ1v) is 12.2. The zero-order valence-electron chi connectivity index (χ0n) is 17.1. The number of hydrogen-bond donors (Lipinski definition) is 0. The molecule has 0 radical (unpaired) electrons. The van der Waals surface area contributed by atoms with Gasteiger partial charge in [-0.05, 0) is 36.8 Å². The lowest BCUT2D eigenvalue weighted by atomic mass is 10.3. The number of morpholine rings is 1. The highest BCUT2D eigenvalue weighted by atomic mass is 35.5. The van der Waals surface area contributed by atoms with Crippen LogP contribution in [0.4, 0.5) is 0 Å². The van der Waals surface area contributed by atoms with Crippen LogP contribution in [0.3, 0.4) is 0 Å². The quantitative estimate of drug-likeness (QED) is 0.499. The van der Waals surface area contributed by atoms with Crippen LogP contribution in [0.25, 0.3) is 11.0 Å². The van der Waals surface area contributed by atoms with Gasteiger partial charge in [-0.2, -0.15) is 4.31 Å². The fourth-order valence-corrected chi connectivity index (χ4v) is 5.35. The number of ether oxygens (including phenoxy) is 2. The maximum absolute atomic E-state index is 13.0. The Bertz CT molecular complexity index is 1190. The lowest BCUT2D eigenvalue weighted by Gasteiger charge is -2.26. The van der Waals surface area contributed by atoms with E-state index in [9.17, 15) is 8.42 Å². The molecule has 2 aromatic carbocycles. The molecule has 0 saturated carbocycles. The fraction of sp³-hybridized carbons (Fsp3) is 0.381. The van der Waals surface area contributed by atoms with Crippen LogP contribution in [0, 0.1) is 0 Å². The molecule has 1 aliphatic heterocycles. The summed E-state index contributed by atoms with van der Waals surface area (Å²) < 4.78 is 40.7. The molecule has 0 aliphatic carbocycles. The van der Waals surface area contributed by atoms with Crippen LogP contribution in [0.5, 0.6) is 5.75 Å². The summed E-state index contributed by atoms with van der Waals surface area (Å²) in [5, 5.41) is 0.764. The molecular weight excluding hydrogens is 461 g/mol. The molecule has 4 rings (SSSR count). The average Bonchev–Trinajstić information content (AvgIpc) is 3.12. The van der Waals surface area contributed by atoms with Gasteiger partial charge in [-0.15, -0.1) is 0 Å². The van der Waals surface area contributed by atoms with Gasteiger partial charge in [0.1, 0.15) is 23.2 Å². The predicted octanol–water partition coefficient (Wildman–Crippen LogP) is 4.35. The van der Waals surface area contributed by atoms with E-state index in [4.69, 9.17) is 32.7 Å². The molecule has 0 atom stereocenters. The number of fused-ring (bicyclic) bond motifs is 1. The predicted molar refractivity (Wildman–Crippen MR) is 120 cm³/mol. The SMILES string of the molecule is CCCn1c(COc2cccc(Cl)c2Cl)nc2cc(S(=O)(=O)N3CCOCC3)ccc21. The van der Waals surface area contributed by atoms with Crippen molar-refractivity contribution in [3.05, 3.63) is 52.3 Å². The van der Waals surface area contributed by atoms with E-state index in [0.717, 1.165) is 18.5 Å². The average molecular weight is 484 g/mol. The van der Waals surface area contributed by atoms with E-state index in [1.165, 1.54) is 4.31 Å². The second kappa shape index (κ2) is 9.34. The highest BCUT2D eigenvalue weighted by Gasteiger charge is 2.27. The van der Waals surface area contributed by atoms with Crippen LogP contribution >= 0.6 is 23.2 Å². The third-order valence-corrected chi connectivity index (χ3v) is 7.82. The van der Waals surface area contributed by atoms with Gasteiger partial charge in [-0.1, -0.05) is 36.2 Å². The van der Waals surface area contributed by atoms with Crippen molar-refractivity contribution >= 4 is 44.3 Å². The standard InChI is InChI=1S/C21H23Cl2N3O4S/c1-2-8-26-18-7-6-15(31(27,28)25-9-11-29-12-10-25)13-17(18)24-20(26)14-30-19-5-3-4-16(22)21(19)23/h3-7,13H,2,8-12,14H2,1H3. The summed E-state index contributed by atoms with van der Waals surface area (Å²) in [4.78, 5) is 4.90. The lowest BCUT2D eigenvalue weighted by Crippen LogP contribution is -2.40. The van der Waals surface area contributed by atoms with Gasteiger partial charge >= 0.3 is 0 Å². The Labute approximate surface area is 191 Å². The van der Waals surface area contributed by atoms with Crippen LogP contribution in [0.15, 0.2) is 41.3 Å². The molecule has 0 unspecified atom stereocenters. The van der Waals surface area contributed by atoms with Crippen molar-refractivity contribution in [3.8, 4) is 5.75 Å². The van der Waals surface area contributed by atoms with Crippen molar-refractivity contribution in [1.29, 1.82) is 0 Å². The number of benzene rings is 2. The Morgan fingerprint density at radius 2 is 1.94 bits per heavy atom. The summed E-state index contributed by atoms with van der Waals surface area (Å²) in [5.41, 5.74) is 1.47. The number of rotatable bonds is 7. The Hall–Kier alpha value is -1.84. The maximum atomic E-state index is 13.0. The second-order valence-electron chi connectivity index (χ2n) is 7.19. The Morgan fingerprint density at radius 3 is 2.68 bits per heavy atom. The van der Waals surface area contributed by atoms with Crippen molar-refractivity contribution in [3.63, 3.8) is 0 Å². The minimum Gasteiger partial charge on any atom is -0.484 e. The number of aromatic nitrogens is 2. The molecule has 0 N–H and O–H groups in total. The highest BCUT2D eigenvalue weighted by Crippen LogP contribution is 2.32. The molecule has 10 heteroatoms. The highest BCUT2D eigenvalue weighted by molar-refractivity contribution is 7.89. The van der Waals surface area contributed by atoms with Gasteiger partial charge in [0.25, 0.3) is 0 Å². The van der Waals surface area contributed by atoms with Crippen molar-refractivity contribution in [2.24, 2.45) is 0 Å². The number of sulfonamides is 1. The Morgan fingerprint density at radius 1 is 1.16 bits per heavy atom. The molecular formula is C21H23Cl2N3O4S. The molecule has 0 bridgehead atoms. The van der Waals surface area contributed by atoms with Crippen molar-refractivity contribution < 1.29 is 17.9 Å². The van der Waals surface area contributed by atoms with Gasteiger partial charge in [-0.3, -0.25) is 0 Å². The zero-order valence-corrected chi connectivity index (χ0v) is 19.4. The molecule has 1 saturated heterocycles. The number of aryl methyl sites for hydroxylation is 1. The summed E-state index contributed by atoms with van der Waals surface area (Å²) in [7, 11) is -3.59. The van der Waals surface area contributed by atoms with E-state index in [1.807, 2.05) is 4.57 Å². The summed E-state index contributed by atoms with van der Waals surface area (Å²) in [6.45, 7) is 4.49. The van der Waals surface area contributed by atoms with Crippen LogP contribution in [-0.2, 0) is 27.9 Å². The zero-order chi connectivity index (χ0) is 22.0. The van der Waals surface area contributed by atoms with Crippen LogP contribution in [0.2, 0.25) is 10.0 Å². The van der Waals surface area contributed by atoms with E-state index in [2.05, 4.69) is 11.9 Å². The first-order chi connectivity index (χ1) is 14.9. The molecule has 7 nitrogen and oxygen atoms in total. The Balaban J connectivity index is 1.66. The minimum absolute atomic E-state index is 0.181. The van der Waals surface area contributed by atoms with E-state index >= 15 is 0 Å². The molecule has 0 amide bonds. The Kier molecular flexibility index (Phi) is 6.74. The lowest BCUT2D eigenvalue weighted by molar-refractivity contribution is 0.0730. The normalized spacial score (nSPS) is 15.5. The maximum Gasteiger partial charge on any atom is 0.243 e. The van der Waals surface area contributed by atoms with Crippen LogP contribution in [0.1, 0.15) is 19.2 Å². The fourth-order valence-electron chi connectivity index (χ4n) is 3.58. The second-order valence-corrected chi connectivity index (χ2v) is 9.91. The van der Waals surface area contributed by atoms with Crippen LogP contribution in [-0.4, -0.2) is 48.6 Å². The number of imidazole rings is 1. The van der Waals surface area contributed by atoms with E-state index in [-0.39, 0.29) is 11.5 Å². The first-order valence-electron chi connectivity index (χ1n) is 10.1. The van der Waals surface area contributed by atoms with Gasteiger partial charge in [0.2, 0.25) is 10.0 Å². The summed E-state index contributed by atoms with van der Waals surface area (Å²) in [6, 6.07) is 10.3. The van der Waals surface area contributed by atoms with Gasteiger partial charge in [-0.25, -0.2) is 13.4 Å². The van der Waals surface area contributed by atoms with Gasteiger partial charge < -0.3 is 14.0 Å². The third-order valence-electron chi connectivity index (χ3n) is 5.13. The molecule has 166 valence electrons. The summed E-state index contributed by atoms with van der Waals surface area (Å²) in [5.74, 6) is 1.16. The van der Waals surface area contributed by atoms with E-state index in [1.54, 1.807) is 36.4 Å². The molecule has 1 fully saturated rings. The summed E-state index contributed by atoms with van der Waals surface area (Å²) in [6.07, 6.45) is 0.893. The number of hydrogen-bond acceptors (Lipinski definition) is 5. The van der Waals surface area contributed by atoms with Crippen molar-refractivity contribution in [1.82, 2.24) is 13.9 Å². The number of halogens is 2.